The van der Waals surface area contributed by atoms with Crippen molar-refractivity contribution >= 4 is 34.4 Å². The standard InChI is InChI=1S/C16H11FN2O3S/c1-9-12(7-6-10-4-2-3-5-11(10)17)18-16-19(14(9)20)8-13(23-16)15(21)22/h2-8H,1H3,(H,21,22). The van der Waals surface area contributed by atoms with Gasteiger partial charge in [0.1, 0.15) is 10.7 Å². The van der Waals surface area contributed by atoms with Crippen LogP contribution in [0.2, 0.25) is 0 Å². The number of benzene rings is 1. The quantitative estimate of drug-likeness (QED) is 0.801. The van der Waals surface area contributed by atoms with Gasteiger partial charge in [0.25, 0.3) is 5.56 Å². The first-order valence-corrected chi connectivity index (χ1v) is 7.47. The molecule has 2 heterocycles. The van der Waals surface area contributed by atoms with Gasteiger partial charge in [-0.05, 0) is 25.1 Å². The molecule has 3 aromatic rings. The van der Waals surface area contributed by atoms with Crippen LogP contribution >= 0.6 is 11.3 Å². The molecule has 0 radical (unpaired) electrons. The highest BCUT2D eigenvalue weighted by atomic mass is 32.1. The van der Waals surface area contributed by atoms with Gasteiger partial charge in [0.15, 0.2) is 4.96 Å². The molecule has 3 rings (SSSR count). The van der Waals surface area contributed by atoms with Crippen molar-refractivity contribution in [2.75, 3.05) is 0 Å². The van der Waals surface area contributed by atoms with Crippen LogP contribution in [0, 0.1) is 12.7 Å². The molecule has 1 N–H and O–H groups in total. The van der Waals surface area contributed by atoms with Crippen LogP contribution < -0.4 is 5.56 Å². The summed E-state index contributed by atoms with van der Waals surface area (Å²) in [5, 5.41) is 9.01. The minimum absolute atomic E-state index is 0.0317. The number of fused-ring (bicyclic) bond motifs is 1. The van der Waals surface area contributed by atoms with Crippen molar-refractivity contribution in [2.45, 2.75) is 6.92 Å². The summed E-state index contributed by atoms with van der Waals surface area (Å²) in [7, 11) is 0. The molecule has 2 aromatic heterocycles. The van der Waals surface area contributed by atoms with E-state index in [1.165, 1.54) is 22.7 Å². The molecule has 0 atom stereocenters. The van der Waals surface area contributed by atoms with Crippen LogP contribution in [0.25, 0.3) is 17.1 Å². The van der Waals surface area contributed by atoms with E-state index in [1.807, 2.05) is 0 Å². The number of thiazole rings is 1. The number of hydrogen-bond acceptors (Lipinski definition) is 4. The fraction of sp³-hybridized carbons (Fsp3) is 0.0625. The number of carboxylic acid groups (broad SMARTS) is 1. The molecule has 5 nitrogen and oxygen atoms in total. The summed E-state index contributed by atoms with van der Waals surface area (Å²) in [6.07, 6.45) is 4.34. The minimum atomic E-state index is -1.11. The number of hydrogen-bond donors (Lipinski definition) is 1. The van der Waals surface area contributed by atoms with E-state index in [2.05, 4.69) is 4.98 Å². The molecule has 0 unspecified atom stereocenters. The number of nitrogens with zero attached hydrogens (tertiary/aromatic N) is 2. The van der Waals surface area contributed by atoms with Gasteiger partial charge in [-0.3, -0.25) is 9.20 Å². The Morgan fingerprint density at radius 1 is 1.35 bits per heavy atom. The van der Waals surface area contributed by atoms with Crippen molar-refractivity contribution in [3.63, 3.8) is 0 Å². The maximum absolute atomic E-state index is 13.6. The maximum Gasteiger partial charge on any atom is 0.347 e. The van der Waals surface area contributed by atoms with Crippen molar-refractivity contribution in [1.29, 1.82) is 0 Å². The zero-order valence-corrected chi connectivity index (χ0v) is 12.8. The molecular formula is C16H11FN2O3S. The molecule has 0 saturated heterocycles. The first kappa shape index (κ1) is 15.1. The van der Waals surface area contributed by atoms with E-state index in [-0.39, 0.29) is 21.2 Å². The zero-order chi connectivity index (χ0) is 16.6. The van der Waals surface area contributed by atoms with Crippen LogP contribution in [-0.4, -0.2) is 20.5 Å². The number of aromatic nitrogens is 2. The minimum Gasteiger partial charge on any atom is -0.477 e. The zero-order valence-electron chi connectivity index (χ0n) is 12.0. The Morgan fingerprint density at radius 3 is 2.78 bits per heavy atom. The first-order chi connectivity index (χ1) is 11.0. The van der Waals surface area contributed by atoms with Gasteiger partial charge in [0.2, 0.25) is 0 Å². The highest BCUT2D eigenvalue weighted by Gasteiger charge is 2.13. The molecule has 0 saturated carbocycles. The smallest absolute Gasteiger partial charge is 0.347 e. The van der Waals surface area contributed by atoms with E-state index in [1.54, 1.807) is 31.2 Å². The third kappa shape index (κ3) is 2.78. The van der Waals surface area contributed by atoms with Gasteiger partial charge >= 0.3 is 5.97 Å². The summed E-state index contributed by atoms with van der Waals surface area (Å²) in [5.41, 5.74) is 0.792. The van der Waals surface area contributed by atoms with Crippen LogP contribution in [0.3, 0.4) is 0 Å². The van der Waals surface area contributed by atoms with Crippen molar-refractivity contribution < 1.29 is 14.3 Å². The second-order valence-electron chi connectivity index (χ2n) is 4.84. The fourth-order valence-corrected chi connectivity index (χ4v) is 2.91. The number of halogens is 1. The number of carboxylic acids is 1. The van der Waals surface area contributed by atoms with Crippen molar-refractivity contribution in [2.24, 2.45) is 0 Å². The number of rotatable bonds is 3. The lowest BCUT2D eigenvalue weighted by Gasteiger charge is -2.01. The molecule has 7 heteroatoms. The molecule has 0 amide bonds. The average molecular weight is 330 g/mol. The lowest BCUT2D eigenvalue weighted by atomic mass is 10.1. The van der Waals surface area contributed by atoms with Crippen molar-refractivity contribution in [3.8, 4) is 0 Å². The summed E-state index contributed by atoms with van der Waals surface area (Å²) in [6.45, 7) is 1.60. The highest BCUT2D eigenvalue weighted by Crippen LogP contribution is 2.17. The van der Waals surface area contributed by atoms with Crippen LogP contribution in [0.1, 0.15) is 26.5 Å². The van der Waals surface area contributed by atoms with E-state index >= 15 is 0 Å². The molecule has 0 aliphatic heterocycles. The molecule has 23 heavy (non-hydrogen) atoms. The topological polar surface area (TPSA) is 71.7 Å². The van der Waals surface area contributed by atoms with E-state index in [9.17, 15) is 14.0 Å². The summed E-state index contributed by atoms with van der Waals surface area (Å²) >= 11 is 0.912. The second-order valence-corrected chi connectivity index (χ2v) is 5.84. The second kappa shape index (κ2) is 5.77. The molecule has 0 fully saturated rings. The molecule has 0 bridgehead atoms. The Hall–Kier alpha value is -2.80. The summed E-state index contributed by atoms with van der Waals surface area (Å²) in [5.74, 6) is -1.48. The Morgan fingerprint density at radius 2 is 2.09 bits per heavy atom. The molecule has 1 aromatic carbocycles. The molecule has 0 aliphatic carbocycles. The summed E-state index contributed by atoms with van der Waals surface area (Å²) < 4.78 is 14.8. The monoisotopic (exact) mass is 330 g/mol. The number of carbonyl (C=O) groups is 1. The van der Waals surface area contributed by atoms with Gasteiger partial charge in [-0.2, -0.15) is 0 Å². The van der Waals surface area contributed by atoms with Crippen LogP contribution in [0.4, 0.5) is 4.39 Å². The third-order valence-corrected chi connectivity index (χ3v) is 4.30. The van der Waals surface area contributed by atoms with Gasteiger partial charge in [0.05, 0.1) is 5.69 Å². The van der Waals surface area contributed by atoms with Crippen molar-refractivity contribution in [3.05, 3.63) is 68.3 Å². The van der Waals surface area contributed by atoms with E-state index in [0.29, 0.717) is 16.8 Å². The Bertz CT molecular complexity index is 1000. The van der Waals surface area contributed by atoms with E-state index < -0.39 is 5.97 Å². The highest BCUT2D eigenvalue weighted by molar-refractivity contribution is 7.18. The predicted molar refractivity (Wildman–Crippen MR) is 86.4 cm³/mol. The van der Waals surface area contributed by atoms with Gasteiger partial charge in [0, 0.05) is 17.3 Å². The van der Waals surface area contributed by atoms with Gasteiger partial charge in [-0.1, -0.05) is 29.5 Å². The first-order valence-electron chi connectivity index (χ1n) is 6.66. The normalized spacial score (nSPS) is 11.4. The molecular weight excluding hydrogens is 319 g/mol. The van der Waals surface area contributed by atoms with E-state index in [4.69, 9.17) is 5.11 Å². The molecule has 0 aliphatic rings. The summed E-state index contributed by atoms with van der Waals surface area (Å²) in [6, 6.07) is 6.25. The van der Waals surface area contributed by atoms with E-state index in [0.717, 1.165) is 11.3 Å². The van der Waals surface area contributed by atoms with Gasteiger partial charge in [-0.15, -0.1) is 0 Å². The Labute approximate surface area is 134 Å². The van der Waals surface area contributed by atoms with Gasteiger partial charge < -0.3 is 5.11 Å². The largest absolute Gasteiger partial charge is 0.477 e. The molecule has 116 valence electrons. The lowest BCUT2D eigenvalue weighted by molar-refractivity contribution is 0.0701. The number of aromatic carboxylic acids is 1. The maximum atomic E-state index is 13.6. The third-order valence-electron chi connectivity index (χ3n) is 3.33. The van der Waals surface area contributed by atoms with Crippen LogP contribution in [0.15, 0.2) is 35.3 Å². The predicted octanol–water partition coefficient (Wildman–Crippen LogP) is 3.07. The average Bonchev–Trinajstić information content (AvgIpc) is 2.95. The fourth-order valence-electron chi connectivity index (χ4n) is 2.09. The van der Waals surface area contributed by atoms with Gasteiger partial charge in [-0.25, -0.2) is 14.2 Å². The van der Waals surface area contributed by atoms with Crippen LogP contribution in [-0.2, 0) is 0 Å². The Balaban J connectivity index is 2.11. The lowest BCUT2D eigenvalue weighted by Crippen LogP contribution is -2.17. The van der Waals surface area contributed by atoms with Crippen molar-refractivity contribution in [1.82, 2.24) is 9.38 Å². The summed E-state index contributed by atoms with van der Waals surface area (Å²) in [4.78, 5) is 27.9. The van der Waals surface area contributed by atoms with Crippen LogP contribution in [0.5, 0.6) is 0 Å². The Kier molecular flexibility index (Phi) is 3.79. The molecule has 0 spiro atoms. The SMILES string of the molecule is Cc1c(C=Cc2ccccc2F)nc2sc(C(=O)O)cn2c1=O.